The van der Waals surface area contributed by atoms with Crippen LogP contribution in [0.4, 0.5) is 18.9 Å². The van der Waals surface area contributed by atoms with Crippen LogP contribution in [0.1, 0.15) is 30.9 Å². The molecule has 0 bridgehead atoms. The zero-order valence-corrected chi connectivity index (χ0v) is 12.8. The van der Waals surface area contributed by atoms with E-state index in [2.05, 4.69) is 10.2 Å². The van der Waals surface area contributed by atoms with Crippen molar-refractivity contribution in [2.24, 2.45) is 5.92 Å². The zero-order valence-electron chi connectivity index (χ0n) is 12.8. The van der Waals surface area contributed by atoms with E-state index in [1.165, 1.54) is 13.0 Å². The van der Waals surface area contributed by atoms with Gasteiger partial charge in [-0.25, -0.2) is 0 Å². The number of anilines is 1. The Balaban J connectivity index is 2.30. The summed E-state index contributed by atoms with van der Waals surface area (Å²) in [5.41, 5.74) is -0.154. The topological polar surface area (TPSA) is 32.3 Å². The number of hydrogen-bond donors (Lipinski definition) is 1. The highest BCUT2D eigenvalue weighted by Gasteiger charge is 2.35. The Hall–Kier alpha value is -1.56. The van der Waals surface area contributed by atoms with Gasteiger partial charge in [-0.3, -0.25) is 4.79 Å². The summed E-state index contributed by atoms with van der Waals surface area (Å²) in [6, 6.07) is 3.97. The molecule has 0 saturated carbocycles. The standard InChI is InChI=1S/C16H21F3N2O/c1-11(22)20-15-5-3-4-14(16(17,18)19)13(15)10-12-6-8-21(2)9-7-12/h3-5,12H,6-10H2,1-2H3,(H,20,22). The first-order valence-electron chi connectivity index (χ1n) is 7.42. The van der Waals surface area contributed by atoms with Gasteiger partial charge in [0.25, 0.3) is 0 Å². The van der Waals surface area contributed by atoms with Gasteiger partial charge < -0.3 is 10.2 Å². The van der Waals surface area contributed by atoms with Crippen molar-refractivity contribution >= 4 is 11.6 Å². The van der Waals surface area contributed by atoms with Crippen LogP contribution in [0.25, 0.3) is 0 Å². The van der Waals surface area contributed by atoms with E-state index < -0.39 is 11.7 Å². The number of nitrogens with zero attached hydrogens (tertiary/aromatic N) is 1. The second-order valence-corrected chi connectivity index (χ2v) is 5.96. The highest BCUT2D eigenvalue weighted by Crippen LogP contribution is 2.37. The number of amides is 1. The van der Waals surface area contributed by atoms with Gasteiger partial charge in [-0.2, -0.15) is 13.2 Å². The van der Waals surface area contributed by atoms with Gasteiger partial charge in [0.2, 0.25) is 5.91 Å². The number of nitrogens with one attached hydrogen (secondary N) is 1. The highest BCUT2D eigenvalue weighted by molar-refractivity contribution is 5.89. The van der Waals surface area contributed by atoms with E-state index in [9.17, 15) is 18.0 Å². The van der Waals surface area contributed by atoms with E-state index >= 15 is 0 Å². The lowest BCUT2D eigenvalue weighted by molar-refractivity contribution is -0.138. The number of carbonyl (C=O) groups excluding carboxylic acids is 1. The van der Waals surface area contributed by atoms with E-state index in [-0.39, 0.29) is 23.1 Å². The molecule has 3 nitrogen and oxygen atoms in total. The van der Waals surface area contributed by atoms with Gasteiger partial charge in [0.1, 0.15) is 0 Å². The molecule has 1 aliphatic rings. The Labute approximate surface area is 128 Å². The van der Waals surface area contributed by atoms with Crippen molar-refractivity contribution in [1.29, 1.82) is 0 Å². The van der Waals surface area contributed by atoms with Gasteiger partial charge in [-0.15, -0.1) is 0 Å². The Morgan fingerprint density at radius 2 is 1.95 bits per heavy atom. The molecule has 0 aromatic heterocycles. The summed E-state index contributed by atoms with van der Waals surface area (Å²) in [5, 5.41) is 2.53. The van der Waals surface area contributed by atoms with Gasteiger partial charge in [0, 0.05) is 12.6 Å². The van der Waals surface area contributed by atoms with Crippen LogP contribution in [-0.4, -0.2) is 30.9 Å². The van der Waals surface area contributed by atoms with Crippen LogP contribution in [0.5, 0.6) is 0 Å². The first-order valence-corrected chi connectivity index (χ1v) is 7.42. The van der Waals surface area contributed by atoms with E-state index in [1.54, 1.807) is 6.07 Å². The van der Waals surface area contributed by atoms with Crippen molar-refractivity contribution in [2.45, 2.75) is 32.4 Å². The predicted octanol–water partition coefficient (Wildman–Crippen LogP) is 3.55. The van der Waals surface area contributed by atoms with Crippen molar-refractivity contribution in [2.75, 3.05) is 25.5 Å². The van der Waals surface area contributed by atoms with Crippen LogP contribution < -0.4 is 5.32 Å². The van der Waals surface area contributed by atoms with Gasteiger partial charge >= 0.3 is 6.18 Å². The molecule has 1 aromatic rings. The molecular formula is C16H21F3N2O. The molecule has 0 spiro atoms. The highest BCUT2D eigenvalue weighted by atomic mass is 19.4. The number of likely N-dealkylation sites (tertiary alicyclic amines) is 1. The lowest BCUT2D eigenvalue weighted by Gasteiger charge is -2.30. The Morgan fingerprint density at radius 3 is 2.50 bits per heavy atom. The van der Waals surface area contributed by atoms with Crippen molar-refractivity contribution in [3.63, 3.8) is 0 Å². The first kappa shape index (κ1) is 16.8. The fraction of sp³-hybridized carbons (Fsp3) is 0.562. The molecule has 1 N–H and O–H groups in total. The van der Waals surface area contributed by atoms with Crippen LogP contribution in [0.15, 0.2) is 18.2 Å². The number of rotatable bonds is 3. The summed E-state index contributed by atoms with van der Waals surface area (Å²) >= 11 is 0. The SMILES string of the molecule is CC(=O)Nc1cccc(C(F)(F)F)c1CC1CCN(C)CC1. The summed E-state index contributed by atoms with van der Waals surface area (Å²) in [5.74, 6) is -0.142. The monoisotopic (exact) mass is 314 g/mol. The molecule has 22 heavy (non-hydrogen) atoms. The third-order valence-electron chi connectivity index (χ3n) is 4.12. The summed E-state index contributed by atoms with van der Waals surface area (Å²) in [7, 11) is 2.02. The molecule has 122 valence electrons. The quantitative estimate of drug-likeness (QED) is 0.925. The van der Waals surface area contributed by atoms with Crippen LogP contribution >= 0.6 is 0 Å². The van der Waals surface area contributed by atoms with E-state index in [4.69, 9.17) is 0 Å². The van der Waals surface area contributed by atoms with Gasteiger partial charge in [-0.1, -0.05) is 6.07 Å². The molecule has 1 aromatic carbocycles. The van der Waals surface area contributed by atoms with E-state index in [0.717, 1.165) is 32.0 Å². The molecule has 1 saturated heterocycles. The summed E-state index contributed by atoms with van der Waals surface area (Å²) < 4.78 is 39.8. The first-order chi connectivity index (χ1) is 10.3. The number of alkyl halides is 3. The lowest BCUT2D eigenvalue weighted by atomic mass is 9.87. The number of hydrogen-bond acceptors (Lipinski definition) is 2. The molecule has 0 aliphatic carbocycles. The van der Waals surface area contributed by atoms with Crippen LogP contribution in [0.3, 0.4) is 0 Å². The molecule has 1 heterocycles. The number of benzene rings is 1. The predicted molar refractivity (Wildman–Crippen MR) is 79.7 cm³/mol. The molecule has 0 atom stereocenters. The third-order valence-corrected chi connectivity index (χ3v) is 4.12. The molecule has 1 fully saturated rings. The summed E-state index contributed by atoms with van der Waals surface area (Å²) in [4.78, 5) is 13.4. The average molecular weight is 314 g/mol. The third kappa shape index (κ3) is 4.22. The zero-order chi connectivity index (χ0) is 16.3. The molecule has 2 rings (SSSR count). The van der Waals surface area contributed by atoms with Crippen LogP contribution in [0.2, 0.25) is 0 Å². The van der Waals surface area contributed by atoms with Crippen molar-refractivity contribution in [3.05, 3.63) is 29.3 Å². The van der Waals surface area contributed by atoms with Crippen molar-refractivity contribution in [1.82, 2.24) is 4.90 Å². The Kier molecular flexibility index (Phi) is 5.11. The maximum atomic E-state index is 13.3. The average Bonchev–Trinajstić information content (AvgIpc) is 2.41. The number of halogens is 3. The maximum Gasteiger partial charge on any atom is 0.416 e. The lowest BCUT2D eigenvalue weighted by Crippen LogP contribution is -2.31. The molecule has 1 aliphatic heterocycles. The largest absolute Gasteiger partial charge is 0.416 e. The second kappa shape index (κ2) is 6.69. The van der Waals surface area contributed by atoms with Crippen molar-refractivity contribution in [3.8, 4) is 0 Å². The van der Waals surface area contributed by atoms with Crippen LogP contribution in [0, 0.1) is 5.92 Å². The molecule has 0 radical (unpaired) electrons. The fourth-order valence-electron chi connectivity index (χ4n) is 2.93. The minimum atomic E-state index is -4.41. The number of piperidine rings is 1. The second-order valence-electron chi connectivity index (χ2n) is 5.96. The van der Waals surface area contributed by atoms with E-state index in [1.807, 2.05) is 7.05 Å². The summed E-state index contributed by atoms with van der Waals surface area (Å²) in [6.07, 6.45) is -2.31. The smallest absolute Gasteiger partial charge is 0.326 e. The van der Waals surface area contributed by atoms with Crippen molar-refractivity contribution < 1.29 is 18.0 Å². The van der Waals surface area contributed by atoms with Gasteiger partial charge in [0.05, 0.1) is 5.56 Å². The fourth-order valence-corrected chi connectivity index (χ4v) is 2.93. The minimum Gasteiger partial charge on any atom is -0.326 e. The van der Waals surface area contributed by atoms with Gasteiger partial charge in [-0.05, 0) is 63.0 Å². The number of carbonyl (C=O) groups is 1. The molecule has 1 amide bonds. The van der Waals surface area contributed by atoms with Crippen LogP contribution in [-0.2, 0) is 17.4 Å². The normalized spacial score (nSPS) is 17.5. The minimum absolute atomic E-state index is 0.208. The molecule has 0 unspecified atom stereocenters. The molecular weight excluding hydrogens is 293 g/mol. The Morgan fingerprint density at radius 1 is 1.32 bits per heavy atom. The summed E-state index contributed by atoms with van der Waals surface area (Å²) in [6.45, 7) is 3.10. The van der Waals surface area contributed by atoms with E-state index in [0.29, 0.717) is 6.42 Å². The maximum absolute atomic E-state index is 13.3. The van der Waals surface area contributed by atoms with Gasteiger partial charge in [0.15, 0.2) is 0 Å². The Bertz CT molecular complexity index is 535. The molecule has 6 heteroatoms.